The van der Waals surface area contributed by atoms with Crippen molar-refractivity contribution in [3.8, 4) is 11.5 Å². The van der Waals surface area contributed by atoms with Gasteiger partial charge in [-0.25, -0.2) is 4.98 Å². The molecule has 3 aromatic rings. The van der Waals surface area contributed by atoms with E-state index in [4.69, 9.17) is 9.47 Å². The monoisotopic (exact) mass is 389 g/mol. The van der Waals surface area contributed by atoms with Crippen LogP contribution in [0.1, 0.15) is 41.4 Å². The first kappa shape index (κ1) is 18.8. The van der Waals surface area contributed by atoms with E-state index in [0.717, 1.165) is 22.7 Å². The number of nitrogens with zero attached hydrogens (tertiary/aromatic N) is 1. The lowest BCUT2D eigenvalue weighted by molar-refractivity contribution is 0.0946. The highest BCUT2D eigenvalue weighted by Crippen LogP contribution is 2.32. The van der Waals surface area contributed by atoms with Crippen molar-refractivity contribution < 1.29 is 14.3 Å². The standard InChI is InChI=1S/C23H23N3O3/c1-15(2)17-4-6-18(7-5-17)26-19-8-9-20(24-13-19)23(27)25-12-16-3-10-21-22(11-16)29-14-28-21/h3-11,13,15,26H,12,14H2,1-2H3,(H,25,27). The van der Waals surface area contributed by atoms with Crippen LogP contribution in [0, 0.1) is 0 Å². The molecule has 0 spiro atoms. The summed E-state index contributed by atoms with van der Waals surface area (Å²) >= 11 is 0. The Morgan fingerprint density at radius 3 is 2.48 bits per heavy atom. The van der Waals surface area contributed by atoms with Crippen LogP contribution in [0.25, 0.3) is 0 Å². The van der Waals surface area contributed by atoms with E-state index in [9.17, 15) is 4.79 Å². The molecule has 4 rings (SSSR count). The second-order valence-corrected chi connectivity index (χ2v) is 7.20. The van der Waals surface area contributed by atoms with E-state index in [1.165, 1.54) is 5.56 Å². The number of ether oxygens (including phenoxy) is 2. The normalized spacial score (nSPS) is 12.1. The van der Waals surface area contributed by atoms with Crippen molar-refractivity contribution in [1.82, 2.24) is 10.3 Å². The fourth-order valence-electron chi connectivity index (χ4n) is 3.04. The number of benzene rings is 2. The zero-order valence-corrected chi connectivity index (χ0v) is 16.4. The van der Waals surface area contributed by atoms with Gasteiger partial charge in [0, 0.05) is 12.2 Å². The highest BCUT2D eigenvalue weighted by molar-refractivity contribution is 5.92. The van der Waals surface area contributed by atoms with E-state index in [1.54, 1.807) is 12.3 Å². The summed E-state index contributed by atoms with van der Waals surface area (Å²) in [5.74, 6) is 1.70. The number of amides is 1. The molecule has 1 aromatic heterocycles. The van der Waals surface area contributed by atoms with Crippen molar-refractivity contribution >= 4 is 17.3 Å². The second-order valence-electron chi connectivity index (χ2n) is 7.20. The molecule has 0 radical (unpaired) electrons. The number of hydrogen-bond donors (Lipinski definition) is 2. The molecule has 6 heteroatoms. The number of nitrogens with one attached hydrogen (secondary N) is 2. The lowest BCUT2D eigenvalue weighted by atomic mass is 10.0. The minimum atomic E-state index is -0.226. The lowest BCUT2D eigenvalue weighted by Crippen LogP contribution is -2.23. The average molecular weight is 389 g/mol. The molecule has 0 fully saturated rings. The summed E-state index contributed by atoms with van der Waals surface area (Å²) in [4.78, 5) is 16.6. The summed E-state index contributed by atoms with van der Waals surface area (Å²) in [5.41, 5.74) is 4.41. The van der Waals surface area contributed by atoms with E-state index < -0.39 is 0 Å². The molecule has 0 atom stereocenters. The topological polar surface area (TPSA) is 72.5 Å². The molecule has 148 valence electrons. The van der Waals surface area contributed by atoms with Crippen molar-refractivity contribution in [2.24, 2.45) is 0 Å². The fourth-order valence-corrected chi connectivity index (χ4v) is 3.04. The minimum absolute atomic E-state index is 0.226. The Morgan fingerprint density at radius 1 is 1.00 bits per heavy atom. The molecule has 0 saturated heterocycles. The number of fused-ring (bicyclic) bond motifs is 1. The van der Waals surface area contributed by atoms with Crippen molar-refractivity contribution in [3.63, 3.8) is 0 Å². The lowest BCUT2D eigenvalue weighted by Gasteiger charge is -2.10. The maximum Gasteiger partial charge on any atom is 0.270 e. The maximum absolute atomic E-state index is 12.4. The smallest absolute Gasteiger partial charge is 0.270 e. The summed E-state index contributed by atoms with van der Waals surface area (Å²) in [5, 5.41) is 6.17. The van der Waals surface area contributed by atoms with Gasteiger partial charge in [0.25, 0.3) is 5.91 Å². The third kappa shape index (κ3) is 4.48. The van der Waals surface area contributed by atoms with Crippen LogP contribution in [0.5, 0.6) is 11.5 Å². The van der Waals surface area contributed by atoms with Gasteiger partial charge in [-0.2, -0.15) is 0 Å². The highest BCUT2D eigenvalue weighted by atomic mass is 16.7. The van der Waals surface area contributed by atoms with Gasteiger partial charge in [0.1, 0.15) is 5.69 Å². The quantitative estimate of drug-likeness (QED) is 0.644. The third-order valence-electron chi connectivity index (χ3n) is 4.75. The Morgan fingerprint density at radius 2 is 1.76 bits per heavy atom. The number of hydrogen-bond acceptors (Lipinski definition) is 5. The zero-order valence-electron chi connectivity index (χ0n) is 16.4. The van der Waals surface area contributed by atoms with E-state index in [-0.39, 0.29) is 12.7 Å². The van der Waals surface area contributed by atoms with Crippen LogP contribution in [0.3, 0.4) is 0 Å². The van der Waals surface area contributed by atoms with E-state index >= 15 is 0 Å². The van der Waals surface area contributed by atoms with E-state index in [0.29, 0.717) is 23.9 Å². The van der Waals surface area contributed by atoms with Crippen molar-refractivity contribution in [3.05, 3.63) is 77.6 Å². The minimum Gasteiger partial charge on any atom is -0.454 e. The molecule has 6 nitrogen and oxygen atoms in total. The van der Waals surface area contributed by atoms with E-state index in [1.807, 2.05) is 36.4 Å². The Bertz CT molecular complexity index is 999. The first-order valence-corrected chi connectivity index (χ1v) is 9.58. The molecular weight excluding hydrogens is 366 g/mol. The summed E-state index contributed by atoms with van der Waals surface area (Å²) in [7, 11) is 0. The largest absolute Gasteiger partial charge is 0.454 e. The molecule has 0 unspecified atom stereocenters. The number of carbonyl (C=O) groups excluding carboxylic acids is 1. The van der Waals surface area contributed by atoms with Gasteiger partial charge in [0.2, 0.25) is 6.79 Å². The molecule has 0 aliphatic carbocycles. The number of pyridine rings is 1. The van der Waals surface area contributed by atoms with Crippen LogP contribution < -0.4 is 20.1 Å². The predicted octanol–water partition coefficient (Wildman–Crippen LogP) is 4.61. The maximum atomic E-state index is 12.4. The number of carbonyl (C=O) groups is 1. The average Bonchev–Trinajstić information content (AvgIpc) is 3.21. The van der Waals surface area contributed by atoms with Gasteiger partial charge in [-0.05, 0) is 53.4 Å². The van der Waals surface area contributed by atoms with Gasteiger partial charge in [0.15, 0.2) is 11.5 Å². The Labute approximate surface area is 169 Å². The molecule has 0 saturated carbocycles. The molecule has 1 amide bonds. The highest BCUT2D eigenvalue weighted by Gasteiger charge is 2.14. The zero-order chi connectivity index (χ0) is 20.2. The van der Waals surface area contributed by atoms with Gasteiger partial charge >= 0.3 is 0 Å². The molecule has 0 bridgehead atoms. The van der Waals surface area contributed by atoms with Gasteiger partial charge in [-0.1, -0.05) is 32.0 Å². The van der Waals surface area contributed by atoms with Crippen LogP contribution in [0.15, 0.2) is 60.8 Å². The van der Waals surface area contributed by atoms with Crippen LogP contribution in [0.4, 0.5) is 11.4 Å². The van der Waals surface area contributed by atoms with E-state index in [2.05, 4.69) is 41.6 Å². The molecule has 1 aliphatic heterocycles. The molecule has 2 heterocycles. The van der Waals surface area contributed by atoms with Crippen molar-refractivity contribution in [2.45, 2.75) is 26.3 Å². The first-order valence-electron chi connectivity index (χ1n) is 9.58. The molecule has 2 N–H and O–H groups in total. The summed E-state index contributed by atoms with van der Waals surface area (Å²) < 4.78 is 10.6. The van der Waals surface area contributed by atoms with Crippen LogP contribution in [-0.2, 0) is 6.54 Å². The number of anilines is 2. The van der Waals surface area contributed by atoms with Gasteiger partial charge in [-0.3, -0.25) is 4.79 Å². The Balaban J connectivity index is 1.34. The predicted molar refractivity (Wildman–Crippen MR) is 112 cm³/mol. The van der Waals surface area contributed by atoms with Crippen LogP contribution >= 0.6 is 0 Å². The number of aromatic nitrogens is 1. The van der Waals surface area contributed by atoms with Crippen molar-refractivity contribution in [1.29, 1.82) is 0 Å². The van der Waals surface area contributed by atoms with Gasteiger partial charge in [-0.15, -0.1) is 0 Å². The summed E-state index contributed by atoms with van der Waals surface area (Å²) in [6.45, 7) is 4.96. The SMILES string of the molecule is CC(C)c1ccc(Nc2ccc(C(=O)NCc3ccc4c(c3)OCO4)nc2)cc1. The molecule has 2 aromatic carbocycles. The third-order valence-corrected chi connectivity index (χ3v) is 4.75. The van der Waals surface area contributed by atoms with Crippen LogP contribution in [-0.4, -0.2) is 17.7 Å². The van der Waals surface area contributed by atoms with Crippen LogP contribution in [0.2, 0.25) is 0 Å². The molecule has 29 heavy (non-hydrogen) atoms. The van der Waals surface area contributed by atoms with Gasteiger partial charge in [0.05, 0.1) is 11.9 Å². The van der Waals surface area contributed by atoms with Gasteiger partial charge < -0.3 is 20.1 Å². The fraction of sp³-hybridized carbons (Fsp3) is 0.217. The first-order chi connectivity index (χ1) is 14.1. The van der Waals surface area contributed by atoms with Crippen molar-refractivity contribution in [2.75, 3.05) is 12.1 Å². The number of rotatable bonds is 6. The Kier molecular flexibility index (Phi) is 5.33. The summed E-state index contributed by atoms with van der Waals surface area (Å²) in [6, 6.07) is 17.5. The summed E-state index contributed by atoms with van der Waals surface area (Å²) in [6.07, 6.45) is 1.66. The molecular formula is C23H23N3O3. The Hall–Kier alpha value is -3.54. The second kappa shape index (κ2) is 8.22. The molecule has 1 aliphatic rings.